The normalized spacial score (nSPS) is 21.1. The Balaban J connectivity index is 1.24. The molecule has 1 aromatic heterocycles. The van der Waals surface area contributed by atoms with Gasteiger partial charge in [0.05, 0.1) is 37.5 Å². The van der Waals surface area contributed by atoms with Gasteiger partial charge in [-0.3, -0.25) is 4.39 Å². The lowest BCUT2D eigenvalue weighted by Gasteiger charge is -2.37. The zero-order chi connectivity index (χ0) is 24.8. The highest BCUT2D eigenvalue weighted by molar-refractivity contribution is 5.67. The predicted octanol–water partition coefficient (Wildman–Crippen LogP) is 4.66. The molecule has 4 rings (SSSR count). The minimum atomic E-state index is -0.264. The Labute approximate surface area is 208 Å². The lowest BCUT2D eigenvalue weighted by Crippen LogP contribution is -2.42. The first kappa shape index (κ1) is 25.6. The molecule has 2 fully saturated rings. The van der Waals surface area contributed by atoms with Gasteiger partial charge in [0.2, 0.25) is 5.88 Å². The summed E-state index contributed by atoms with van der Waals surface area (Å²) in [6.07, 6.45) is 6.96. The number of aliphatic hydroxyl groups excluding tert-OH is 1. The number of hydrogen-bond donors (Lipinski definition) is 1. The maximum atomic E-state index is 13.4. The van der Waals surface area contributed by atoms with Gasteiger partial charge in [-0.15, -0.1) is 0 Å². The van der Waals surface area contributed by atoms with Crippen LogP contribution in [0, 0.1) is 11.3 Å². The van der Waals surface area contributed by atoms with Crippen molar-refractivity contribution in [3.63, 3.8) is 0 Å². The number of alkyl halides is 1. The molecule has 0 bridgehead atoms. The standard InChI is InChI=1S/C28H39FN4O2/c1-4-28(3,19-29)20-32-12-9-22(10-13-32)18-35-27-16-30-26(15-31-27)24-7-5-23(6-8-24)21(2)33-14-11-25(34)17-33/h5-8,15-16,22,25,34H,2,4,9-14,17-20H2,1,3H3. The molecule has 2 atom stereocenters. The molecular formula is C28H39FN4O2. The van der Waals surface area contributed by atoms with E-state index in [4.69, 9.17) is 4.74 Å². The van der Waals surface area contributed by atoms with Crippen LogP contribution in [0.4, 0.5) is 4.39 Å². The second-order valence-electron chi connectivity index (χ2n) is 10.5. The third kappa shape index (κ3) is 6.58. The summed E-state index contributed by atoms with van der Waals surface area (Å²) >= 11 is 0. The van der Waals surface area contributed by atoms with Crippen LogP contribution in [-0.4, -0.2) is 77.0 Å². The first-order valence-corrected chi connectivity index (χ1v) is 12.8. The number of aliphatic hydroxyl groups is 1. The second-order valence-corrected chi connectivity index (χ2v) is 10.5. The van der Waals surface area contributed by atoms with E-state index in [1.807, 2.05) is 31.2 Å². The number of likely N-dealkylation sites (tertiary alicyclic amines) is 2. The molecule has 0 spiro atoms. The van der Waals surface area contributed by atoms with Crippen LogP contribution in [0.5, 0.6) is 5.88 Å². The molecule has 1 N–H and O–H groups in total. The van der Waals surface area contributed by atoms with Crippen molar-refractivity contribution < 1.29 is 14.2 Å². The first-order chi connectivity index (χ1) is 16.9. The third-order valence-electron chi connectivity index (χ3n) is 7.64. The Hall–Kier alpha value is -2.51. The number of nitrogens with zero attached hydrogens (tertiary/aromatic N) is 4. The van der Waals surface area contributed by atoms with Crippen molar-refractivity contribution in [3.8, 4) is 17.1 Å². The monoisotopic (exact) mass is 482 g/mol. The molecular weight excluding hydrogens is 443 g/mol. The SMILES string of the molecule is C=C(c1ccc(-c2cnc(OCC3CCN(CC(C)(CC)CF)CC3)cn2)cc1)N1CCC(O)C1. The molecule has 2 aliphatic heterocycles. The van der Waals surface area contributed by atoms with Gasteiger partial charge >= 0.3 is 0 Å². The highest BCUT2D eigenvalue weighted by Crippen LogP contribution is 2.28. The van der Waals surface area contributed by atoms with Gasteiger partial charge in [-0.25, -0.2) is 9.97 Å². The Kier molecular flexibility index (Phi) is 8.39. The summed E-state index contributed by atoms with van der Waals surface area (Å²) in [7, 11) is 0. The number of aromatic nitrogens is 2. The van der Waals surface area contributed by atoms with E-state index < -0.39 is 0 Å². The van der Waals surface area contributed by atoms with Crippen molar-refractivity contribution in [2.75, 3.05) is 46.0 Å². The number of hydrogen-bond acceptors (Lipinski definition) is 6. The second kappa shape index (κ2) is 11.5. The topological polar surface area (TPSA) is 61.7 Å². The lowest BCUT2D eigenvalue weighted by molar-refractivity contribution is 0.0831. The summed E-state index contributed by atoms with van der Waals surface area (Å²) in [6.45, 7) is 13.0. The Bertz CT molecular complexity index is 954. The number of rotatable bonds is 10. The van der Waals surface area contributed by atoms with Gasteiger partial charge in [-0.05, 0) is 50.3 Å². The molecule has 0 saturated carbocycles. The van der Waals surface area contributed by atoms with Crippen LogP contribution >= 0.6 is 0 Å². The van der Waals surface area contributed by atoms with E-state index in [0.29, 0.717) is 24.9 Å². The maximum Gasteiger partial charge on any atom is 0.232 e. The van der Waals surface area contributed by atoms with Crippen LogP contribution in [0.1, 0.15) is 45.1 Å². The molecule has 1 aromatic carbocycles. The molecule has 2 saturated heterocycles. The fourth-order valence-electron chi connectivity index (χ4n) is 4.85. The van der Waals surface area contributed by atoms with Crippen molar-refractivity contribution in [1.82, 2.24) is 19.8 Å². The van der Waals surface area contributed by atoms with Crippen LogP contribution in [0.2, 0.25) is 0 Å². The maximum absolute atomic E-state index is 13.4. The quantitative estimate of drug-likeness (QED) is 0.532. The summed E-state index contributed by atoms with van der Waals surface area (Å²) in [5.41, 5.74) is 3.54. The summed E-state index contributed by atoms with van der Waals surface area (Å²) in [5.74, 6) is 1.04. The summed E-state index contributed by atoms with van der Waals surface area (Å²) in [6, 6.07) is 8.13. The zero-order valence-corrected chi connectivity index (χ0v) is 21.1. The van der Waals surface area contributed by atoms with Gasteiger partial charge < -0.3 is 19.6 Å². The van der Waals surface area contributed by atoms with E-state index in [0.717, 1.165) is 74.4 Å². The van der Waals surface area contributed by atoms with Gasteiger partial charge in [0.1, 0.15) is 0 Å². The third-order valence-corrected chi connectivity index (χ3v) is 7.64. The number of benzene rings is 1. The average Bonchev–Trinajstić information content (AvgIpc) is 3.34. The van der Waals surface area contributed by atoms with E-state index in [-0.39, 0.29) is 18.2 Å². The van der Waals surface area contributed by atoms with Crippen LogP contribution < -0.4 is 4.74 Å². The van der Waals surface area contributed by atoms with Crippen molar-refractivity contribution in [2.24, 2.45) is 11.3 Å². The molecule has 2 unspecified atom stereocenters. The van der Waals surface area contributed by atoms with Crippen molar-refractivity contribution >= 4 is 5.70 Å². The van der Waals surface area contributed by atoms with Crippen LogP contribution in [0.3, 0.4) is 0 Å². The molecule has 0 aliphatic carbocycles. The van der Waals surface area contributed by atoms with E-state index in [2.05, 4.69) is 33.3 Å². The molecule has 7 heteroatoms. The largest absolute Gasteiger partial charge is 0.476 e. The summed E-state index contributed by atoms with van der Waals surface area (Å²) in [5, 5.41) is 9.77. The molecule has 0 amide bonds. The molecule has 35 heavy (non-hydrogen) atoms. The van der Waals surface area contributed by atoms with Gasteiger partial charge in [-0.2, -0.15) is 0 Å². The summed E-state index contributed by atoms with van der Waals surface area (Å²) in [4.78, 5) is 13.5. The average molecular weight is 483 g/mol. The molecule has 2 aliphatic rings. The Morgan fingerprint density at radius 1 is 1.14 bits per heavy atom. The highest BCUT2D eigenvalue weighted by atomic mass is 19.1. The highest BCUT2D eigenvalue weighted by Gasteiger charge is 2.28. The molecule has 2 aromatic rings. The van der Waals surface area contributed by atoms with Crippen LogP contribution in [0.25, 0.3) is 17.0 Å². The molecule has 3 heterocycles. The van der Waals surface area contributed by atoms with E-state index >= 15 is 0 Å². The first-order valence-electron chi connectivity index (χ1n) is 12.8. The van der Waals surface area contributed by atoms with E-state index in [1.54, 1.807) is 12.4 Å². The summed E-state index contributed by atoms with van der Waals surface area (Å²) < 4.78 is 19.3. The predicted molar refractivity (Wildman–Crippen MR) is 138 cm³/mol. The van der Waals surface area contributed by atoms with Crippen molar-refractivity contribution in [3.05, 3.63) is 48.8 Å². The van der Waals surface area contributed by atoms with E-state index in [1.165, 1.54) is 0 Å². The minimum Gasteiger partial charge on any atom is -0.476 e. The van der Waals surface area contributed by atoms with Gasteiger partial charge in [-0.1, -0.05) is 44.7 Å². The van der Waals surface area contributed by atoms with Gasteiger partial charge in [0, 0.05) is 36.3 Å². The zero-order valence-electron chi connectivity index (χ0n) is 21.1. The lowest BCUT2D eigenvalue weighted by atomic mass is 9.87. The van der Waals surface area contributed by atoms with Gasteiger partial charge in [0.15, 0.2) is 0 Å². The van der Waals surface area contributed by atoms with Crippen molar-refractivity contribution in [1.29, 1.82) is 0 Å². The van der Waals surface area contributed by atoms with Crippen LogP contribution in [0.15, 0.2) is 43.2 Å². The minimum absolute atomic E-state index is 0.230. The van der Waals surface area contributed by atoms with E-state index in [9.17, 15) is 9.50 Å². The van der Waals surface area contributed by atoms with Crippen molar-refractivity contribution in [2.45, 2.75) is 45.6 Å². The van der Waals surface area contributed by atoms with Crippen LogP contribution in [-0.2, 0) is 0 Å². The number of ether oxygens (including phenoxy) is 1. The van der Waals surface area contributed by atoms with Gasteiger partial charge in [0.25, 0.3) is 0 Å². The molecule has 0 radical (unpaired) electrons. The Morgan fingerprint density at radius 3 is 2.46 bits per heavy atom. The fourth-order valence-corrected chi connectivity index (χ4v) is 4.85. The molecule has 190 valence electrons. The fraction of sp³-hybridized carbons (Fsp3) is 0.571. The number of halogens is 1. The Morgan fingerprint density at radius 2 is 1.89 bits per heavy atom. The smallest absolute Gasteiger partial charge is 0.232 e. The molecule has 6 nitrogen and oxygen atoms in total. The number of piperidine rings is 1. The number of β-amino-alcohol motifs (C(OH)–C–C–N with tert-alkyl or cyclic N) is 1.